The molecule has 0 unspecified atom stereocenters. The SMILES string of the molecule is CC(C)CC(=O)Nc1ccc(Nc2ccc([N+](=O)[O-])cc2C#N)cc1. The molecule has 0 aliphatic carbocycles. The lowest BCUT2D eigenvalue weighted by Gasteiger charge is -2.10. The predicted molar refractivity (Wildman–Crippen MR) is 95.6 cm³/mol. The van der Waals surface area contributed by atoms with E-state index in [2.05, 4.69) is 10.6 Å². The highest BCUT2D eigenvalue weighted by Gasteiger charge is 2.11. The number of nitrogens with one attached hydrogen (secondary N) is 2. The van der Waals surface area contributed by atoms with Crippen molar-refractivity contribution < 1.29 is 9.72 Å². The number of nitro benzene ring substituents is 1. The average molecular weight is 338 g/mol. The number of hydrogen-bond acceptors (Lipinski definition) is 5. The molecule has 0 saturated heterocycles. The van der Waals surface area contributed by atoms with E-state index in [4.69, 9.17) is 5.26 Å². The van der Waals surface area contributed by atoms with Crippen molar-refractivity contribution in [1.29, 1.82) is 5.26 Å². The molecule has 7 heteroatoms. The van der Waals surface area contributed by atoms with Crippen LogP contribution < -0.4 is 10.6 Å². The Hall–Kier alpha value is -3.40. The van der Waals surface area contributed by atoms with Gasteiger partial charge in [-0.25, -0.2) is 0 Å². The fourth-order valence-electron chi connectivity index (χ4n) is 2.22. The number of nitriles is 1. The Balaban J connectivity index is 2.10. The minimum atomic E-state index is -0.542. The first-order valence-corrected chi connectivity index (χ1v) is 7.74. The van der Waals surface area contributed by atoms with Crippen molar-refractivity contribution in [3.05, 3.63) is 58.1 Å². The average Bonchev–Trinajstić information content (AvgIpc) is 2.56. The standard InChI is InChI=1S/C18H18N4O3/c1-12(2)9-18(23)21-15-5-3-14(4-6-15)20-17-8-7-16(22(24)25)10-13(17)11-19/h3-8,10,12,20H,9H2,1-2H3,(H,21,23). The Labute approximate surface area is 145 Å². The zero-order valence-corrected chi connectivity index (χ0v) is 13.9. The second kappa shape index (κ2) is 7.93. The van der Waals surface area contributed by atoms with Gasteiger partial charge in [-0.3, -0.25) is 14.9 Å². The number of carbonyl (C=O) groups excluding carboxylic acids is 1. The number of amides is 1. The van der Waals surface area contributed by atoms with E-state index in [0.29, 0.717) is 23.5 Å². The topological polar surface area (TPSA) is 108 Å². The third-order valence-electron chi connectivity index (χ3n) is 3.38. The second-order valence-corrected chi connectivity index (χ2v) is 5.95. The molecular weight excluding hydrogens is 320 g/mol. The number of nitrogens with zero attached hydrogens (tertiary/aromatic N) is 2. The van der Waals surface area contributed by atoms with Crippen LogP contribution in [0.2, 0.25) is 0 Å². The molecule has 0 fully saturated rings. The van der Waals surface area contributed by atoms with E-state index in [0.717, 1.165) is 0 Å². The summed E-state index contributed by atoms with van der Waals surface area (Å²) in [4.78, 5) is 22.0. The maximum absolute atomic E-state index is 11.8. The van der Waals surface area contributed by atoms with Crippen LogP contribution in [0.5, 0.6) is 0 Å². The van der Waals surface area contributed by atoms with Gasteiger partial charge in [0.05, 0.1) is 16.2 Å². The van der Waals surface area contributed by atoms with E-state index in [1.54, 1.807) is 24.3 Å². The predicted octanol–water partition coefficient (Wildman–Crippen LogP) is 4.19. The Bertz CT molecular complexity index is 823. The van der Waals surface area contributed by atoms with Gasteiger partial charge in [-0.15, -0.1) is 0 Å². The number of nitro groups is 1. The largest absolute Gasteiger partial charge is 0.354 e. The van der Waals surface area contributed by atoms with Crippen LogP contribution in [-0.4, -0.2) is 10.8 Å². The van der Waals surface area contributed by atoms with Crippen LogP contribution in [0, 0.1) is 27.4 Å². The normalized spacial score (nSPS) is 10.2. The number of rotatable bonds is 6. The van der Waals surface area contributed by atoms with Crippen LogP contribution >= 0.6 is 0 Å². The molecule has 0 spiro atoms. The molecule has 2 aromatic rings. The molecule has 0 heterocycles. The summed E-state index contributed by atoms with van der Waals surface area (Å²) in [5, 5.41) is 25.8. The van der Waals surface area contributed by atoms with Crippen LogP contribution in [-0.2, 0) is 4.79 Å². The van der Waals surface area contributed by atoms with E-state index >= 15 is 0 Å². The van der Waals surface area contributed by atoms with Crippen LogP contribution in [0.3, 0.4) is 0 Å². The molecule has 1 amide bonds. The van der Waals surface area contributed by atoms with Crippen molar-refractivity contribution in [2.45, 2.75) is 20.3 Å². The minimum Gasteiger partial charge on any atom is -0.354 e. The molecule has 25 heavy (non-hydrogen) atoms. The first kappa shape index (κ1) is 17.9. The molecule has 0 bridgehead atoms. The van der Waals surface area contributed by atoms with Gasteiger partial charge in [-0.05, 0) is 36.2 Å². The third-order valence-corrected chi connectivity index (χ3v) is 3.38. The first-order chi connectivity index (χ1) is 11.9. The summed E-state index contributed by atoms with van der Waals surface area (Å²) in [5.74, 6) is 0.241. The van der Waals surface area contributed by atoms with Crippen LogP contribution in [0.25, 0.3) is 0 Å². The van der Waals surface area contributed by atoms with Crippen LogP contribution in [0.15, 0.2) is 42.5 Å². The summed E-state index contributed by atoms with van der Waals surface area (Å²) in [6.07, 6.45) is 0.453. The quantitative estimate of drug-likeness (QED) is 0.606. The minimum absolute atomic E-state index is 0.0437. The molecule has 2 aromatic carbocycles. The van der Waals surface area contributed by atoms with Crippen molar-refractivity contribution in [1.82, 2.24) is 0 Å². The molecule has 2 N–H and O–H groups in total. The van der Waals surface area contributed by atoms with E-state index in [1.165, 1.54) is 18.2 Å². The summed E-state index contributed by atoms with van der Waals surface area (Å²) >= 11 is 0. The first-order valence-electron chi connectivity index (χ1n) is 7.74. The lowest BCUT2D eigenvalue weighted by atomic mass is 10.1. The Morgan fingerprint density at radius 1 is 1.20 bits per heavy atom. The molecule has 7 nitrogen and oxygen atoms in total. The molecule has 0 aliphatic rings. The van der Waals surface area contributed by atoms with Gasteiger partial charge in [-0.1, -0.05) is 13.8 Å². The number of benzene rings is 2. The van der Waals surface area contributed by atoms with E-state index < -0.39 is 4.92 Å². The summed E-state index contributed by atoms with van der Waals surface area (Å²) in [6.45, 7) is 3.95. The van der Waals surface area contributed by atoms with Gasteiger partial charge in [0.2, 0.25) is 5.91 Å². The highest BCUT2D eigenvalue weighted by atomic mass is 16.6. The third kappa shape index (κ3) is 5.04. The Morgan fingerprint density at radius 2 is 1.84 bits per heavy atom. The zero-order valence-electron chi connectivity index (χ0n) is 13.9. The molecule has 0 saturated carbocycles. The number of anilines is 3. The fraction of sp³-hybridized carbons (Fsp3) is 0.222. The molecule has 0 aliphatic heterocycles. The van der Waals surface area contributed by atoms with Gasteiger partial charge in [-0.2, -0.15) is 5.26 Å². The summed E-state index contributed by atoms with van der Waals surface area (Å²) < 4.78 is 0. The molecule has 128 valence electrons. The molecule has 2 rings (SSSR count). The summed E-state index contributed by atoms with van der Waals surface area (Å²) in [6, 6.07) is 13.0. The van der Waals surface area contributed by atoms with Crippen molar-refractivity contribution in [2.24, 2.45) is 5.92 Å². The zero-order chi connectivity index (χ0) is 18.4. The molecule has 0 radical (unpaired) electrons. The smallest absolute Gasteiger partial charge is 0.270 e. The highest BCUT2D eigenvalue weighted by molar-refractivity contribution is 5.91. The van der Waals surface area contributed by atoms with Gasteiger partial charge in [0.15, 0.2) is 0 Å². The van der Waals surface area contributed by atoms with Gasteiger partial charge in [0.1, 0.15) is 6.07 Å². The maximum atomic E-state index is 11.8. The van der Waals surface area contributed by atoms with Crippen molar-refractivity contribution in [3.8, 4) is 6.07 Å². The highest BCUT2D eigenvalue weighted by Crippen LogP contribution is 2.25. The van der Waals surface area contributed by atoms with Gasteiger partial charge >= 0.3 is 0 Å². The molecule has 0 aromatic heterocycles. The van der Waals surface area contributed by atoms with Gasteiger partial charge in [0, 0.05) is 29.9 Å². The van der Waals surface area contributed by atoms with E-state index in [9.17, 15) is 14.9 Å². The van der Waals surface area contributed by atoms with Crippen LogP contribution in [0.1, 0.15) is 25.8 Å². The number of non-ortho nitro benzene ring substituents is 1. The summed E-state index contributed by atoms with van der Waals surface area (Å²) in [5.41, 5.74) is 1.91. The Kier molecular flexibility index (Phi) is 5.69. The molecular formula is C18H18N4O3. The second-order valence-electron chi connectivity index (χ2n) is 5.95. The monoisotopic (exact) mass is 338 g/mol. The maximum Gasteiger partial charge on any atom is 0.270 e. The lowest BCUT2D eigenvalue weighted by Crippen LogP contribution is -2.13. The number of carbonyl (C=O) groups is 1. The Morgan fingerprint density at radius 3 is 2.40 bits per heavy atom. The van der Waals surface area contributed by atoms with Gasteiger partial charge in [0.25, 0.3) is 5.69 Å². The van der Waals surface area contributed by atoms with Crippen LogP contribution in [0.4, 0.5) is 22.7 Å². The van der Waals surface area contributed by atoms with Crippen molar-refractivity contribution >= 4 is 28.7 Å². The molecule has 0 atom stereocenters. The van der Waals surface area contributed by atoms with E-state index in [1.807, 2.05) is 19.9 Å². The van der Waals surface area contributed by atoms with Crippen molar-refractivity contribution in [2.75, 3.05) is 10.6 Å². The fourth-order valence-corrected chi connectivity index (χ4v) is 2.22. The number of hydrogen-bond donors (Lipinski definition) is 2. The van der Waals surface area contributed by atoms with E-state index in [-0.39, 0.29) is 23.1 Å². The lowest BCUT2D eigenvalue weighted by molar-refractivity contribution is -0.384. The van der Waals surface area contributed by atoms with Crippen molar-refractivity contribution in [3.63, 3.8) is 0 Å². The van der Waals surface area contributed by atoms with Gasteiger partial charge < -0.3 is 10.6 Å². The summed E-state index contributed by atoms with van der Waals surface area (Å²) in [7, 11) is 0.